The molecule has 2 heterocycles. The van der Waals surface area contributed by atoms with Crippen LogP contribution in [-0.4, -0.2) is 33.5 Å². The predicted molar refractivity (Wildman–Crippen MR) is 119 cm³/mol. The lowest BCUT2D eigenvalue weighted by atomic mass is 10.2. The number of nitrogens with one attached hydrogen (secondary N) is 1. The SMILES string of the molecule is COc1cccc(-n2c(CNC(=O)c3ccoc3)nnc2SCCc2ccccc2)c1. The second-order valence-corrected chi connectivity index (χ2v) is 7.78. The Bertz CT molecular complexity index is 1130. The van der Waals surface area contributed by atoms with E-state index in [2.05, 4.69) is 27.6 Å². The molecule has 2 aromatic carbocycles. The summed E-state index contributed by atoms with van der Waals surface area (Å²) in [5.41, 5.74) is 2.61. The van der Waals surface area contributed by atoms with Crippen LogP contribution in [0.25, 0.3) is 5.69 Å². The molecule has 0 aliphatic rings. The summed E-state index contributed by atoms with van der Waals surface area (Å²) in [5, 5.41) is 12.4. The highest BCUT2D eigenvalue weighted by atomic mass is 32.2. The summed E-state index contributed by atoms with van der Waals surface area (Å²) < 4.78 is 12.3. The van der Waals surface area contributed by atoms with Gasteiger partial charge in [0, 0.05) is 11.8 Å². The number of hydrogen-bond acceptors (Lipinski definition) is 6. The van der Waals surface area contributed by atoms with E-state index in [9.17, 15) is 4.79 Å². The van der Waals surface area contributed by atoms with Crippen LogP contribution in [0.3, 0.4) is 0 Å². The van der Waals surface area contributed by atoms with Crippen LogP contribution in [-0.2, 0) is 13.0 Å². The van der Waals surface area contributed by atoms with Crippen molar-refractivity contribution < 1.29 is 13.9 Å². The van der Waals surface area contributed by atoms with Gasteiger partial charge in [0.1, 0.15) is 12.0 Å². The maximum atomic E-state index is 12.3. The fraction of sp³-hybridized carbons (Fsp3) is 0.174. The topological polar surface area (TPSA) is 82.2 Å². The van der Waals surface area contributed by atoms with Crippen LogP contribution in [0.15, 0.2) is 82.8 Å². The summed E-state index contributed by atoms with van der Waals surface area (Å²) in [4.78, 5) is 12.3. The summed E-state index contributed by atoms with van der Waals surface area (Å²) in [5.74, 6) is 1.99. The van der Waals surface area contributed by atoms with E-state index in [1.807, 2.05) is 47.0 Å². The number of rotatable bonds is 9. The maximum absolute atomic E-state index is 12.3. The van der Waals surface area contributed by atoms with Gasteiger partial charge in [-0.25, -0.2) is 0 Å². The van der Waals surface area contributed by atoms with Crippen molar-refractivity contribution in [3.8, 4) is 11.4 Å². The highest BCUT2D eigenvalue weighted by Gasteiger charge is 2.16. The molecule has 4 rings (SSSR count). The highest BCUT2D eigenvalue weighted by molar-refractivity contribution is 7.99. The average Bonchev–Trinajstić information content (AvgIpc) is 3.49. The van der Waals surface area contributed by atoms with Crippen molar-refractivity contribution in [2.24, 2.45) is 0 Å². The minimum absolute atomic E-state index is 0.229. The van der Waals surface area contributed by atoms with Crippen LogP contribution in [0.5, 0.6) is 5.75 Å². The number of amides is 1. The number of benzene rings is 2. The first-order valence-electron chi connectivity index (χ1n) is 9.80. The first kappa shape index (κ1) is 20.7. The van der Waals surface area contributed by atoms with E-state index >= 15 is 0 Å². The van der Waals surface area contributed by atoms with Gasteiger partial charge in [-0.3, -0.25) is 9.36 Å². The largest absolute Gasteiger partial charge is 0.497 e. The molecule has 1 amide bonds. The molecule has 31 heavy (non-hydrogen) atoms. The van der Waals surface area contributed by atoms with Crippen LogP contribution >= 0.6 is 11.8 Å². The van der Waals surface area contributed by atoms with E-state index < -0.39 is 0 Å². The molecular weight excluding hydrogens is 412 g/mol. The van der Waals surface area contributed by atoms with E-state index in [0.717, 1.165) is 28.8 Å². The average molecular weight is 435 g/mol. The molecular formula is C23H22N4O3S. The van der Waals surface area contributed by atoms with Crippen molar-refractivity contribution >= 4 is 17.7 Å². The lowest BCUT2D eigenvalue weighted by Crippen LogP contribution is -2.24. The zero-order chi connectivity index (χ0) is 21.5. The van der Waals surface area contributed by atoms with E-state index in [4.69, 9.17) is 9.15 Å². The molecule has 0 radical (unpaired) electrons. The van der Waals surface area contributed by atoms with Crippen LogP contribution in [0.4, 0.5) is 0 Å². The third-order valence-corrected chi connectivity index (χ3v) is 5.60. The normalized spacial score (nSPS) is 10.7. The van der Waals surface area contributed by atoms with Gasteiger partial charge in [-0.2, -0.15) is 0 Å². The standard InChI is InChI=1S/C23H22N4O3S/c1-29-20-9-5-8-19(14-20)27-21(15-24-22(28)18-10-12-30-16-18)25-26-23(27)31-13-11-17-6-3-2-4-7-17/h2-10,12,14,16H,11,13,15H2,1H3,(H,24,28). The molecule has 0 unspecified atom stereocenters. The molecule has 4 aromatic rings. The summed E-state index contributed by atoms with van der Waals surface area (Å²) in [6.07, 6.45) is 3.80. The van der Waals surface area contributed by atoms with E-state index in [1.54, 1.807) is 24.9 Å². The summed E-state index contributed by atoms with van der Waals surface area (Å²) in [6.45, 7) is 0.230. The number of thioether (sulfide) groups is 1. The quantitative estimate of drug-likeness (QED) is 0.399. The Labute approximate surface area is 184 Å². The molecule has 1 N–H and O–H groups in total. The Morgan fingerprint density at radius 1 is 1.13 bits per heavy atom. The Kier molecular flexibility index (Phi) is 6.68. The van der Waals surface area contributed by atoms with Crippen molar-refractivity contribution in [2.75, 3.05) is 12.9 Å². The molecule has 0 bridgehead atoms. The lowest BCUT2D eigenvalue weighted by Gasteiger charge is -2.12. The van der Waals surface area contributed by atoms with Gasteiger partial charge in [0.05, 0.1) is 31.2 Å². The van der Waals surface area contributed by atoms with E-state index in [0.29, 0.717) is 11.4 Å². The maximum Gasteiger partial charge on any atom is 0.254 e. The van der Waals surface area contributed by atoms with Gasteiger partial charge in [0.15, 0.2) is 11.0 Å². The highest BCUT2D eigenvalue weighted by Crippen LogP contribution is 2.25. The number of methoxy groups -OCH3 is 1. The lowest BCUT2D eigenvalue weighted by molar-refractivity contribution is 0.0949. The monoisotopic (exact) mass is 434 g/mol. The number of nitrogens with zero attached hydrogens (tertiary/aromatic N) is 3. The number of ether oxygens (including phenoxy) is 1. The van der Waals surface area contributed by atoms with Crippen molar-refractivity contribution in [3.63, 3.8) is 0 Å². The first-order chi connectivity index (χ1) is 15.2. The number of hydrogen-bond donors (Lipinski definition) is 1. The molecule has 8 heteroatoms. The van der Waals surface area contributed by atoms with Crippen LogP contribution in [0, 0.1) is 0 Å². The van der Waals surface area contributed by atoms with Gasteiger partial charge >= 0.3 is 0 Å². The minimum Gasteiger partial charge on any atom is -0.497 e. The number of furan rings is 1. The zero-order valence-electron chi connectivity index (χ0n) is 17.0. The number of carbonyl (C=O) groups is 1. The number of carbonyl (C=O) groups excluding carboxylic acids is 1. The van der Waals surface area contributed by atoms with Gasteiger partial charge in [0.2, 0.25) is 0 Å². The molecule has 0 atom stereocenters. The van der Waals surface area contributed by atoms with Crippen molar-refractivity contribution in [1.82, 2.24) is 20.1 Å². The fourth-order valence-corrected chi connectivity index (χ4v) is 4.04. The third-order valence-electron chi connectivity index (χ3n) is 4.67. The van der Waals surface area contributed by atoms with Gasteiger partial charge < -0.3 is 14.5 Å². The second-order valence-electron chi connectivity index (χ2n) is 6.71. The Hall–Kier alpha value is -3.52. The van der Waals surface area contributed by atoms with E-state index in [1.165, 1.54) is 18.1 Å². The van der Waals surface area contributed by atoms with E-state index in [-0.39, 0.29) is 12.5 Å². The Morgan fingerprint density at radius 2 is 2.00 bits per heavy atom. The van der Waals surface area contributed by atoms with Crippen LogP contribution < -0.4 is 10.1 Å². The smallest absolute Gasteiger partial charge is 0.254 e. The molecule has 0 fully saturated rings. The second kappa shape index (κ2) is 9.99. The molecule has 158 valence electrons. The predicted octanol–water partition coefficient (Wildman–Crippen LogP) is 4.13. The van der Waals surface area contributed by atoms with Gasteiger partial charge in [0.25, 0.3) is 5.91 Å². The molecule has 0 saturated heterocycles. The van der Waals surface area contributed by atoms with Crippen molar-refractivity contribution in [2.45, 2.75) is 18.1 Å². The molecule has 0 saturated carbocycles. The van der Waals surface area contributed by atoms with Crippen LogP contribution in [0.2, 0.25) is 0 Å². The molecule has 7 nitrogen and oxygen atoms in total. The van der Waals surface area contributed by atoms with Gasteiger partial charge in [-0.05, 0) is 30.2 Å². The molecule has 0 spiro atoms. The number of aromatic nitrogens is 3. The van der Waals surface area contributed by atoms with Crippen molar-refractivity contribution in [3.05, 3.63) is 90.1 Å². The third kappa shape index (κ3) is 5.16. The summed E-state index contributed by atoms with van der Waals surface area (Å²) in [7, 11) is 1.63. The Morgan fingerprint density at radius 3 is 2.77 bits per heavy atom. The summed E-state index contributed by atoms with van der Waals surface area (Å²) in [6, 6.07) is 19.6. The fourth-order valence-electron chi connectivity index (χ4n) is 3.08. The first-order valence-corrected chi connectivity index (χ1v) is 10.8. The molecule has 2 aromatic heterocycles. The van der Waals surface area contributed by atoms with Crippen molar-refractivity contribution in [1.29, 1.82) is 0 Å². The number of aryl methyl sites for hydroxylation is 1. The molecule has 0 aliphatic carbocycles. The minimum atomic E-state index is -0.229. The summed E-state index contributed by atoms with van der Waals surface area (Å²) >= 11 is 1.62. The molecule has 0 aliphatic heterocycles. The van der Waals surface area contributed by atoms with Gasteiger partial charge in [-0.15, -0.1) is 10.2 Å². The van der Waals surface area contributed by atoms with Gasteiger partial charge in [-0.1, -0.05) is 48.2 Å². The van der Waals surface area contributed by atoms with Crippen LogP contribution in [0.1, 0.15) is 21.7 Å². The Balaban J connectivity index is 1.54. The zero-order valence-corrected chi connectivity index (χ0v) is 17.8.